The van der Waals surface area contributed by atoms with Gasteiger partial charge in [0.2, 0.25) is 5.95 Å². The molecule has 4 N–H and O–H groups in total. The van der Waals surface area contributed by atoms with Crippen LogP contribution in [0.2, 0.25) is 0 Å². The minimum Gasteiger partial charge on any atom is -0.381 e. The second-order valence-corrected chi connectivity index (χ2v) is 9.43. The number of halogens is 6. The van der Waals surface area contributed by atoms with Crippen molar-refractivity contribution in [2.24, 2.45) is 4.99 Å². The standard InChI is InChI=1S/C26H25F6N7O2/c1-12(37-17-10-34-11-36-23(40)19(17)26(30,31)32)4-3-6-39-7-5-14-8-15(20(28)21(29)18(14)24(39)41)22-16(13(2)27)9-35-25(33)38-22/h5,7-10,12-13,37H,3-4,6,11H2,1-2H3,(H,36,40)(H2,33,35,38)/t12-,13?/m0/s1. The highest BCUT2D eigenvalue weighted by molar-refractivity contribution is 6.01. The van der Waals surface area contributed by atoms with Gasteiger partial charge >= 0.3 is 6.18 Å². The normalized spacial score (nSPS) is 15.6. The monoisotopic (exact) mass is 581 g/mol. The Labute approximate surface area is 229 Å². The number of nitrogens with one attached hydrogen (secondary N) is 2. The number of alkyl halides is 4. The van der Waals surface area contributed by atoms with E-state index >= 15 is 8.78 Å². The van der Waals surface area contributed by atoms with Gasteiger partial charge in [-0.05, 0) is 44.2 Å². The van der Waals surface area contributed by atoms with E-state index in [-0.39, 0.29) is 54.2 Å². The summed E-state index contributed by atoms with van der Waals surface area (Å²) in [5.41, 5.74) is 2.13. The largest absolute Gasteiger partial charge is 0.423 e. The molecule has 2 aromatic heterocycles. The maximum absolute atomic E-state index is 15.2. The summed E-state index contributed by atoms with van der Waals surface area (Å²) in [5, 5.41) is 4.19. The second-order valence-electron chi connectivity index (χ2n) is 9.43. The molecule has 1 amide bonds. The van der Waals surface area contributed by atoms with Crippen molar-refractivity contribution in [3.05, 3.63) is 63.3 Å². The quantitative estimate of drug-likeness (QED) is 0.344. The van der Waals surface area contributed by atoms with E-state index in [9.17, 15) is 27.2 Å². The number of allylic oxidation sites excluding steroid dienone is 1. The summed E-state index contributed by atoms with van der Waals surface area (Å²) in [6.45, 7) is 2.50. The number of carbonyl (C=O) groups is 1. The fraction of sp³-hybridized carbons (Fsp3) is 0.346. The number of rotatable bonds is 8. The van der Waals surface area contributed by atoms with Crippen molar-refractivity contribution in [3.8, 4) is 11.3 Å². The average Bonchev–Trinajstić information content (AvgIpc) is 3.07. The van der Waals surface area contributed by atoms with E-state index in [1.807, 2.05) is 5.32 Å². The Morgan fingerprint density at radius 2 is 1.93 bits per heavy atom. The lowest BCUT2D eigenvalue weighted by atomic mass is 10.00. The van der Waals surface area contributed by atoms with Gasteiger partial charge in [-0.3, -0.25) is 14.6 Å². The molecule has 15 heteroatoms. The van der Waals surface area contributed by atoms with Gasteiger partial charge in [0.15, 0.2) is 11.6 Å². The highest BCUT2D eigenvalue weighted by atomic mass is 19.4. The Bertz CT molecular complexity index is 1610. The number of aromatic nitrogens is 3. The van der Waals surface area contributed by atoms with Crippen LogP contribution in [0.25, 0.3) is 22.0 Å². The van der Waals surface area contributed by atoms with Gasteiger partial charge in [0.1, 0.15) is 18.4 Å². The van der Waals surface area contributed by atoms with Crippen LogP contribution in [0.4, 0.5) is 32.3 Å². The molecule has 2 atom stereocenters. The molecule has 1 aromatic carbocycles. The molecule has 1 aliphatic rings. The number of fused-ring (bicyclic) bond motifs is 1. The zero-order valence-corrected chi connectivity index (χ0v) is 21.8. The number of aryl methyl sites for hydroxylation is 1. The van der Waals surface area contributed by atoms with Gasteiger partial charge in [0.25, 0.3) is 11.5 Å². The fourth-order valence-corrected chi connectivity index (χ4v) is 4.46. The molecule has 0 radical (unpaired) electrons. The Morgan fingerprint density at radius 3 is 2.61 bits per heavy atom. The fourth-order valence-electron chi connectivity index (χ4n) is 4.46. The lowest BCUT2D eigenvalue weighted by Gasteiger charge is -2.19. The molecule has 1 unspecified atom stereocenters. The number of nitrogens with two attached hydrogens (primary N) is 1. The first kappa shape index (κ1) is 29.6. The molecule has 0 bridgehead atoms. The van der Waals surface area contributed by atoms with Crippen LogP contribution < -0.4 is 21.9 Å². The van der Waals surface area contributed by atoms with Crippen LogP contribution in [0.1, 0.15) is 38.4 Å². The maximum atomic E-state index is 15.2. The number of nitrogen functional groups attached to an aromatic ring is 1. The molecule has 41 heavy (non-hydrogen) atoms. The number of hydrogen-bond donors (Lipinski definition) is 3. The van der Waals surface area contributed by atoms with Crippen molar-refractivity contribution in [3.63, 3.8) is 0 Å². The number of aliphatic imine (C=N–C) groups is 1. The first-order valence-corrected chi connectivity index (χ1v) is 12.4. The molecule has 0 fully saturated rings. The van der Waals surface area contributed by atoms with Crippen LogP contribution in [0, 0.1) is 11.6 Å². The summed E-state index contributed by atoms with van der Waals surface area (Å²) in [5.74, 6) is -4.43. The topological polar surface area (TPSA) is 127 Å². The first-order valence-electron chi connectivity index (χ1n) is 12.4. The lowest BCUT2D eigenvalue weighted by molar-refractivity contribution is -0.130. The Morgan fingerprint density at radius 1 is 1.20 bits per heavy atom. The third kappa shape index (κ3) is 6.18. The molecule has 218 valence electrons. The van der Waals surface area contributed by atoms with Gasteiger partial charge in [0, 0.05) is 42.3 Å². The summed E-state index contributed by atoms with van der Waals surface area (Å²) >= 11 is 0. The van der Waals surface area contributed by atoms with Gasteiger partial charge in [-0.2, -0.15) is 13.2 Å². The van der Waals surface area contributed by atoms with Crippen molar-refractivity contribution in [2.75, 3.05) is 12.4 Å². The van der Waals surface area contributed by atoms with Gasteiger partial charge in [-0.25, -0.2) is 23.1 Å². The summed E-state index contributed by atoms with van der Waals surface area (Å²) in [6, 6.07) is 1.99. The highest BCUT2D eigenvalue weighted by Crippen LogP contribution is 2.34. The van der Waals surface area contributed by atoms with Crippen LogP contribution >= 0.6 is 0 Å². The molecule has 0 spiro atoms. The highest BCUT2D eigenvalue weighted by Gasteiger charge is 2.42. The maximum Gasteiger partial charge on any atom is 0.423 e. The predicted molar refractivity (Wildman–Crippen MR) is 139 cm³/mol. The Kier molecular flexibility index (Phi) is 8.35. The molecule has 4 rings (SSSR count). The molecule has 1 aliphatic heterocycles. The van der Waals surface area contributed by atoms with E-state index in [0.717, 1.165) is 17.0 Å². The molecule has 0 aliphatic carbocycles. The van der Waals surface area contributed by atoms with Crippen molar-refractivity contribution in [1.29, 1.82) is 0 Å². The van der Waals surface area contributed by atoms with Gasteiger partial charge < -0.3 is 20.9 Å². The SMILES string of the molecule is CC(F)c1cnc(N)nc1-c1cc2ccn(CCC[C@H](C)NC3=C(C(F)(F)F)C(=O)NCN=C3)c(=O)c2c(F)c1F. The van der Waals surface area contributed by atoms with Crippen LogP contribution in [-0.2, 0) is 11.3 Å². The zero-order chi connectivity index (χ0) is 30.1. The van der Waals surface area contributed by atoms with Crippen molar-refractivity contribution in [1.82, 2.24) is 25.2 Å². The van der Waals surface area contributed by atoms with Gasteiger partial charge in [-0.15, -0.1) is 0 Å². The minimum absolute atomic E-state index is 0.0370. The van der Waals surface area contributed by atoms with Crippen molar-refractivity contribution in [2.45, 2.75) is 51.6 Å². The van der Waals surface area contributed by atoms with Gasteiger partial charge in [0.05, 0.1) is 16.8 Å². The number of carbonyl (C=O) groups excluding carboxylic acids is 1. The van der Waals surface area contributed by atoms with E-state index < -0.39 is 58.1 Å². The molecular formula is C26H25F6N7O2. The summed E-state index contributed by atoms with van der Waals surface area (Å²) in [4.78, 5) is 36.2. The van der Waals surface area contributed by atoms with E-state index in [0.29, 0.717) is 0 Å². The van der Waals surface area contributed by atoms with Crippen LogP contribution in [0.15, 0.2) is 45.6 Å². The molecule has 0 saturated heterocycles. The second kappa shape index (κ2) is 11.6. The van der Waals surface area contributed by atoms with Crippen LogP contribution in [0.5, 0.6) is 0 Å². The Hall–Kier alpha value is -4.43. The predicted octanol–water partition coefficient (Wildman–Crippen LogP) is 4.08. The number of pyridine rings is 1. The number of amides is 1. The molecule has 3 aromatic rings. The number of nitrogens with zero attached hydrogens (tertiary/aromatic N) is 4. The molecule has 9 nitrogen and oxygen atoms in total. The van der Waals surface area contributed by atoms with E-state index in [1.54, 1.807) is 6.92 Å². The number of anilines is 1. The third-order valence-corrected chi connectivity index (χ3v) is 6.43. The summed E-state index contributed by atoms with van der Waals surface area (Å²) in [7, 11) is 0. The van der Waals surface area contributed by atoms with Crippen molar-refractivity contribution >= 4 is 28.8 Å². The zero-order valence-electron chi connectivity index (χ0n) is 21.8. The summed E-state index contributed by atoms with van der Waals surface area (Å²) < 4.78 is 85.9. The van der Waals surface area contributed by atoms with Crippen LogP contribution in [0.3, 0.4) is 0 Å². The average molecular weight is 582 g/mol. The van der Waals surface area contributed by atoms with Crippen LogP contribution in [-0.4, -0.2) is 45.5 Å². The van der Waals surface area contributed by atoms with Crippen molar-refractivity contribution < 1.29 is 31.1 Å². The molecule has 3 heterocycles. The van der Waals surface area contributed by atoms with E-state index in [4.69, 9.17) is 5.73 Å². The number of benzene rings is 1. The molecule has 0 saturated carbocycles. The van der Waals surface area contributed by atoms with E-state index in [2.05, 4.69) is 20.3 Å². The first-order chi connectivity index (χ1) is 19.3. The van der Waals surface area contributed by atoms with Gasteiger partial charge in [-0.1, -0.05) is 0 Å². The third-order valence-electron chi connectivity index (χ3n) is 6.43. The number of hydrogen-bond acceptors (Lipinski definition) is 7. The Balaban J connectivity index is 1.56. The van der Waals surface area contributed by atoms with E-state index in [1.165, 1.54) is 25.3 Å². The molecular weight excluding hydrogens is 556 g/mol. The minimum atomic E-state index is -4.91. The summed E-state index contributed by atoms with van der Waals surface area (Å²) in [6.07, 6.45) is -2.63. The lowest BCUT2D eigenvalue weighted by Crippen LogP contribution is -2.36. The smallest absolute Gasteiger partial charge is 0.381 e.